The first-order valence-corrected chi connectivity index (χ1v) is 5.82. The molecule has 2 aliphatic rings. The Balaban J connectivity index is 2.07. The summed E-state index contributed by atoms with van der Waals surface area (Å²) in [5.74, 6) is -0.974. The molecule has 16 heavy (non-hydrogen) atoms. The number of nitrogens with two attached hydrogens (primary N) is 1. The molecule has 2 fully saturated rings. The smallest absolute Gasteiger partial charge is 0.323 e. The number of aliphatic carboxylic acids is 1. The van der Waals surface area contributed by atoms with Crippen molar-refractivity contribution in [2.45, 2.75) is 38.1 Å². The molecule has 3 N–H and O–H groups in total. The highest BCUT2D eigenvalue weighted by Crippen LogP contribution is 2.43. The van der Waals surface area contributed by atoms with Crippen LogP contribution in [0.1, 0.15) is 32.1 Å². The van der Waals surface area contributed by atoms with Crippen LogP contribution >= 0.6 is 0 Å². The molecule has 2 saturated carbocycles. The van der Waals surface area contributed by atoms with Crippen molar-refractivity contribution in [3.05, 3.63) is 0 Å². The minimum atomic E-state index is -0.938. The Morgan fingerprint density at radius 3 is 2.31 bits per heavy atom. The first-order valence-electron chi connectivity index (χ1n) is 5.82. The third-order valence-corrected chi connectivity index (χ3v) is 3.71. The van der Waals surface area contributed by atoms with Crippen LogP contribution in [0.5, 0.6) is 0 Å². The summed E-state index contributed by atoms with van der Waals surface area (Å²) in [5.41, 5.74) is 5.22. The fraction of sp³-hybridized carbons (Fsp3) is 0.818. The first-order chi connectivity index (χ1) is 7.59. The van der Waals surface area contributed by atoms with Crippen molar-refractivity contribution < 1.29 is 14.7 Å². The molecule has 1 amide bonds. The van der Waals surface area contributed by atoms with E-state index in [1.807, 2.05) is 0 Å². The Kier molecular flexibility index (Phi) is 2.88. The zero-order valence-electron chi connectivity index (χ0n) is 9.32. The molecular formula is C11H18N2O3. The Hall–Kier alpha value is -1.10. The molecule has 0 aromatic rings. The van der Waals surface area contributed by atoms with Gasteiger partial charge in [-0.3, -0.25) is 9.59 Å². The van der Waals surface area contributed by atoms with Gasteiger partial charge in [-0.05, 0) is 25.7 Å². The molecule has 0 atom stereocenters. The van der Waals surface area contributed by atoms with Crippen LogP contribution in [0.25, 0.3) is 0 Å². The number of rotatable bonds is 5. The van der Waals surface area contributed by atoms with Crippen molar-refractivity contribution in [3.63, 3.8) is 0 Å². The average Bonchev–Trinajstić information content (AvgIpc) is 2.96. The number of carboxylic acid groups (broad SMARTS) is 1. The largest absolute Gasteiger partial charge is 0.480 e. The van der Waals surface area contributed by atoms with E-state index in [9.17, 15) is 9.59 Å². The second kappa shape index (κ2) is 4.05. The monoisotopic (exact) mass is 226 g/mol. The number of nitrogens with zero attached hydrogens (tertiary/aromatic N) is 1. The van der Waals surface area contributed by atoms with Gasteiger partial charge in [0.05, 0.1) is 5.41 Å². The van der Waals surface area contributed by atoms with Crippen LogP contribution in [0.3, 0.4) is 0 Å². The van der Waals surface area contributed by atoms with E-state index in [0.29, 0.717) is 6.54 Å². The standard InChI is InChI=1S/C11H18N2O3/c12-7-11(4-1-5-11)10(16)13(6-9(14)15)8-2-3-8/h8H,1-7,12H2,(H,14,15). The Morgan fingerprint density at radius 1 is 1.38 bits per heavy atom. The maximum atomic E-state index is 12.3. The van der Waals surface area contributed by atoms with E-state index in [-0.39, 0.29) is 18.5 Å². The van der Waals surface area contributed by atoms with Crippen molar-refractivity contribution >= 4 is 11.9 Å². The fourth-order valence-corrected chi connectivity index (χ4v) is 2.31. The van der Waals surface area contributed by atoms with E-state index in [2.05, 4.69) is 0 Å². The summed E-state index contributed by atoms with van der Waals surface area (Å²) >= 11 is 0. The quantitative estimate of drug-likeness (QED) is 0.701. The minimum Gasteiger partial charge on any atom is -0.480 e. The number of carboxylic acids is 1. The van der Waals surface area contributed by atoms with Crippen LogP contribution in [0.2, 0.25) is 0 Å². The lowest BCUT2D eigenvalue weighted by atomic mass is 9.67. The zero-order valence-corrected chi connectivity index (χ0v) is 9.32. The van der Waals surface area contributed by atoms with Crippen LogP contribution in [0, 0.1) is 5.41 Å². The second-order valence-electron chi connectivity index (χ2n) is 4.90. The SMILES string of the molecule is NCC1(C(=O)N(CC(=O)O)C2CC2)CCC1. The van der Waals surface area contributed by atoms with Gasteiger partial charge in [-0.25, -0.2) is 0 Å². The maximum absolute atomic E-state index is 12.3. The van der Waals surface area contributed by atoms with Gasteiger partial charge in [-0.2, -0.15) is 0 Å². The van der Waals surface area contributed by atoms with E-state index in [0.717, 1.165) is 32.1 Å². The van der Waals surface area contributed by atoms with Crippen LogP contribution in [0.4, 0.5) is 0 Å². The van der Waals surface area contributed by atoms with Crippen LogP contribution in [0.15, 0.2) is 0 Å². The highest BCUT2D eigenvalue weighted by atomic mass is 16.4. The van der Waals surface area contributed by atoms with Gasteiger partial charge in [-0.15, -0.1) is 0 Å². The lowest BCUT2D eigenvalue weighted by Crippen LogP contribution is -2.53. The van der Waals surface area contributed by atoms with E-state index >= 15 is 0 Å². The lowest BCUT2D eigenvalue weighted by Gasteiger charge is -2.42. The highest BCUT2D eigenvalue weighted by molar-refractivity contribution is 5.87. The third-order valence-electron chi connectivity index (χ3n) is 3.71. The van der Waals surface area contributed by atoms with Gasteiger partial charge in [-0.1, -0.05) is 6.42 Å². The molecular weight excluding hydrogens is 208 g/mol. The molecule has 0 unspecified atom stereocenters. The Morgan fingerprint density at radius 2 is 2.00 bits per heavy atom. The molecule has 0 radical (unpaired) electrons. The van der Waals surface area contributed by atoms with E-state index in [1.165, 1.54) is 4.90 Å². The van der Waals surface area contributed by atoms with Crippen molar-refractivity contribution in [3.8, 4) is 0 Å². The zero-order chi connectivity index (χ0) is 11.8. The van der Waals surface area contributed by atoms with E-state index in [4.69, 9.17) is 10.8 Å². The second-order valence-corrected chi connectivity index (χ2v) is 4.90. The summed E-state index contributed by atoms with van der Waals surface area (Å²) in [6, 6.07) is 0.146. The number of carbonyl (C=O) groups excluding carboxylic acids is 1. The molecule has 0 aliphatic heterocycles. The van der Waals surface area contributed by atoms with Crippen molar-refractivity contribution in [1.29, 1.82) is 0 Å². The van der Waals surface area contributed by atoms with Crippen LogP contribution < -0.4 is 5.73 Å². The van der Waals surface area contributed by atoms with Gasteiger partial charge >= 0.3 is 5.97 Å². The predicted octanol–water partition coefficient (Wildman–Crippen LogP) is 0.191. The Bertz CT molecular complexity index is 303. The topological polar surface area (TPSA) is 83.6 Å². The van der Waals surface area contributed by atoms with Gasteiger partial charge in [0.2, 0.25) is 5.91 Å². The summed E-state index contributed by atoms with van der Waals surface area (Å²) in [7, 11) is 0. The number of amides is 1. The molecule has 0 heterocycles. The van der Waals surface area contributed by atoms with Gasteiger partial charge in [0.25, 0.3) is 0 Å². The summed E-state index contributed by atoms with van der Waals surface area (Å²) in [6.07, 6.45) is 4.50. The average molecular weight is 226 g/mol. The molecule has 0 bridgehead atoms. The summed E-state index contributed by atoms with van der Waals surface area (Å²) in [6.45, 7) is 0.167. The predicted molar refractivity (Wildman–Crippen MR) is 57.7 cm³/mol. The van der Waals surface area contributed by atoms with Gasteiger partial charge in [0, 0.05) is 12.6 Å². The van der Waals surface area contributed by atoms with Crippen LogP contribution in [-0.4, -0.2) is 41.0 Å². The maximum Gasteiger partial charge on any atom is 0.323 e. The number of hydrogen-bond donors (Lipinski definition) is 2. The molecule has 0 saturated heterocycles. The Labute approximate surface area is 94.6 Å². The summed E-state index contributed by atoms with van der Waals surface area (Å²) in [4.78, 5) is 24.5. The summed E-state index contributed by atoms with van der Waals surface area (Å²) < 4.78 is 0. The number of hydrogen-bond acceptors (Lipinski definition) is 3. The minimum absolute atomic E-state index is 0.0360. The highest BCUT2D eigenvalue weighted by Gasteiger charge is 2.48. The van der Waals surface area contributed by atoms with E-state index in [1.54, 1.807) is 0 Å². The van der Waals surface area contributed by atoms with E-state index < -0.39 is 11.4 Å². The van der Waals surface area contributed by atoms with Crippen molar-refractivity contribution in [2.24, 2.45) is 11.1 Å². The molecule has 90 valence electrons. The van der Waals surface area contributed by atoms with Crippen molar-refractivity contribution in [2.75, 3.05) is 13.1 Å². The fourth-order valence-electron chi connectivity index (χ4n) is 2.31. The first kappa shape index (κ1) is 11.4. The van der Waals surface area contributed by atoms with Gasteiger partial charge in [0.1, 0.15) is 6.54 Å². The van der Waals surface area contributed by atoms with Crippen molar-refractivity contribution in [1.82, 2.24) is 4.90 Å². The summed E-state index contributed by atoms with van der Waals surface area (Å²) in [5, 5.41) is 8.81. The molecule has 2 aliphatic carbocycles. The lowest BCUT2D eigenvalue weighted by molar-refractivity contribution is -0.153. The molecule has 0 spiro atoms. The van der Waals surface area contributed by atoms with Gasteiger partial charge in [0.15, 0.2) is 0 Å². The normalized spacial score (nSPS) is 22.3. The molecule has 0 aromatic heterocycles. The molecule has 2 rings (SSSR count). The number of carbonyl (C=O) groups is 2. The van der Waals surface area contributed by atoms with Crippen LogP contribution in [-0.2, 0) is 9.59 Å². The molecule has 5 nitrogen and oxygen atoms in total. The molecule has 0 aromatic carbocycles. The molecule has 5 heteroatoms. The van der Waals surface area contributed by atoms with Gasteiger partial charge < -0.3 is 15.7 Å². The third kappa shape index (κ3) is 1.91.